The normalized spacial score (nSPS) is 10.8. The number of rotatable bonds is 5. The molecule has 2 aromatic rings. The zero-order valence-electron chi connectivity index (χ0n) is 10.1. The van der Waals surface area contributed by atoms with Gasteiger partial charge in [0.25, 0.3) is 0 Å². The summed E-state index contributed by atoms with van der Waals surface area (Å²) >= 11 is 5.89. The van der Waals surface area contributed by atoms with Crippen LogP contribution in [0, 0.1) is 0 Å². The Bertz CT molecular complexity index is 552. The average molecular weight is 267 g/mol. The molecule has 0 aliphatic heterocycles. The van der Waals surface area contributed by atoms with Crippen LogP contribution in [0.3, 0.4) is 0 Å². The molecular weight excluding hydrogens is 252 g/mol. The van der Waals surface area contributed by atoms with Gasteiger partial charge >= 0.3 is 0 Å². The van der Waals surface area contributed by atoms with Crippen LogP contribution in [0.25, 0.3) is 5.65 Å². The number of nitrogens with one attached hydrogen (secondary N) is 2. The summed E-state index contributed by atoms with van der Waals surface area (Å²) < 4.78 is 1.87. The lowest BCUT2D eigenvalue weighted by atomic mass is 10.4. The van der Waals surface area contributed by atoms with Crippen LogP contribution >= 0.6 is 11.6 Å². The Hall–Kier alpha value is -1.59. The summed E-state index contributed by atoms with van der Waals surface area (Å²) in [7, 11) is 0. The number of pyridine rings is 1. The standard InChI is InChI=1S/C12H15ClN4O/c1-2-15-12(18)6-14-5-10-8-17-7-9(13)3-4-11(17)16-10/h3-4,7-8,14H,2,5-6H2,1H3,(H,15,18). The van der Waals surface area contributed by atoms with Gasteiger partial charge in [-0.3, -0.25) is 4.79 Å². The molecule has 2 aromatic heterocycles. The number of carbonyl (C=O) groups excluding carboxylic acids is 1. The summed E-state index contributed by atoms with van der Waals surface area (Å²) in [5.41, 5.74) is 1.72. The number of nitrogens with zero attached hydrogens (tertiary/aromatic N) is 2. The number of aromatic nitrogens is 2. The monoisotopic (exact) mass is 266 g/mol. The van der Waals surface area contributed by atoms with Gasteiger partial charge in [-0.1, -0.05) is 11.6 Å². The zero-order chi connectivity index (χ0) is 13.0. The maximum absolute atomic E-state index is 11.2. The van der Waals surface area contributed by atoms with E-state index in [1.165, 1.54) is 0 Å². The third-order valence-electron chi connectivity index (χ3n) is 2.43. The van der Waals surface area contributed by atoms with Gasteiger partial charge in [0.05, 0.1) is 17.3 Å². The minimum absolute atomic E-state index is 0.00990. The van der Waals surface area contributed by atoms with Gasteiger partial charge in [0.2, 0.25) is 5.91 Å². The van der Waals surface area contributed by atoms with Gasteiger partial charge in [-0.15, -0.1) is 0 Å². The third kappa shape index (κ3) is 3.21. The Balaban J connectivity index is 1.94. The van der Waals surface area contributed by atoms with Crippen molar-refractivity contribution in [2.75, 3.05) is 13.1 Å². The second-order valence-electron chi connectivity index (χ2n) is 3.90. The van der Waals surface area contributed by atoms with Crippen molar-refractivity contribution >= 4 is 23.2 Å². The first-order valence-corrected chi connectivity index (χ1v) is 6.17. The summed E-state index contributed by atoms with van der Waals surface area (Å²) in [6.07, 6.45) is 3.70. The molecule has 2 rings (SSSR count). The van der Waals surface area contributed by atoms with Crippen LogP contribution in [-0.2, 0) is 11.3 Å². The van der Waals surface area contributed by atoms with Crippen LogP contribution in [0.1, 0.15) is 12.6 Å². The zero-order valence-corrected chi connectivity index (χ0v) is 10.9. The minimum atomic E-state index is -0.00990. The quantitative estimate of drug-likeness (QED) is 0.855. The molecule has 0 aliphatic rings. The predicted molar refractivity (Wildman–Crippen MR) is 70.6 cm³/mol. The third-order valence-corrected chi connectivity index (χ3v) is 2.65. The molecule has 0 spiro atoms. The maximum atomic E-state index is 11.2. The second-order valence-corrected chi connectivity index (χ2v) is 4.34. The van der Waals surface area contributed by atoms with Crippen molar-refractivity contribution in [2.45, 2.75) is 13.5 Å². The van der Waals surface area contributed by atoms with Gasteiger partial charge < -0.3 is 15.0 Å². The highest BCUT2D eigenvalue weighted by molar-refractivity contribution is 6.30. The van der Waals surface area contributed by atoms with E-state index in [1.807, 2.05) is 23.6 Å². The van der Waals surface area contributed by atoms with E-state index in [-0.39, 0.29) is 5.91 Å². The van der Waals surface area contributed by atoms with E-state index >= 15 is 0 Å². The molecule has 0 aromatic carbocycles. The topological polar surface area (TPSA) is 58.4 Å². The molecule has 0 unspecified atom stereocenters. The molecule has 0 saturated carbocycles. The van der Waals surface area contributed by atoms with Crippen LogP contribution in [0.4, 0.5) is 0 Å². The first-order chi connectivity index (χ1) is 8.69. The van der Waals surface area contributed by atoms with Crippen LogP contribution in [0.5, 0.6) is 0 Å². The number of imidazole rings is 1. The van der Waals surface area contributed by atoms with Crippen molar-refractivity contribution in [3.8, 4) is 0 Å². The number of halogens is 1. The average Bonchev–Trinajstić information content (AvgIpc) is 2.71. The van der Waals surface area contributed by atoms with Crippen LogP contribution < -0.4 is 10.6 Å². The summed E-state index contributed by atoms with van der Waals surface area (Å²) in [5, 5.41) is 6.43. The van der Waals surface area contributed by atoms with Crippen molar-refractivity contribution in [1.29, 1.82) is 0 Å². The molecule has 0 aliphatic carbocycles. The van der Waals surface area contributed by atoms with Crippen LogP contribution in [-0.4, -0.2) is 28.4 Å². The Kier molecular flexibility index (Phi) is 4.17. The Morgan fingerprint density at radius 2 is 2.28 bits per heavy atom. The fourth-order valence-electron chi connectivity index (χ4n) is 1.67. The molecule has 0 fully saturated rings. The number of hydrogen-bond acceptors (Lipinski definition) is 3. The number of hydrogen-bond donors (Lipinski definition) is 2. The highest BCUT2D eigenvalue weighted by Gasteiger charge is 2.03. The lowest BCUT2D eigenvalue weighted by Crippen LogP contribution is -2.33. The SMILES string of the molecule is CCNC(=O)CNCc1cn2cc(Cl)ccc2n1. The van der Waals surface area contributed by atoms with Crippen molar-refractivity contribution < 1.29 is 4.79 Å². The number of carbonyl (C=O) groups is 1. The van der Waals surface area contributed by atoms with E-state index in [0.29, 0.717) is 24.7 Å². The summed E-state index contributed by atoms with van der Waals surface area (Å²) in [6.45, 7) is 3.38. The summed E-state index contributed by atoms with van der Waals surface area (Å²) in [5.74, 6) is -0.00990. The first kappa shape index (κ1) is 12.9. The molecule has 5 nitrogen and oxygen atoms in total. The van der Waals surface area contributed by atoms with Crippen molar-refractivity contribution in [1.82, 2.24) is 20.0 Å². The molecule has 6 heteroatoms. The molecule has 96 valence electrons. The largest absolute Gasteiger partial charge is 0.355 e. The van der Waals surface area contributed by atoms with Crippen LogP contribution in [0.2, 0.25) is 5.02 Å². The highest BCUT2D eigenvalue weighted by Crippen LogP contribution is 2.11. The van der Waals surface area contributed by atoms with E-state index in [0.717, 1.165) is 11.3 Å². The predicted octanol–water partition coefficient (Wildman–Crippen LogP) is 1.21. The smallest absolute Gasteiger partial charge is 0.233 e. The molecule has 0 bridgehead atoms. The number of amides is 1. The van der Waals surface area contributed by atoms with Crippen molar-refractivity contribution in [3.05, 3.63) is 35.2 Å². The molecule has 2 heterocycles. The number of likely N-dealkylation sites (N-methyl/N-ethyl adjacent to an activating group) is 1. The van der Waals surface area contributed by atoms with Gasteiger partial charge in [0.15, 0.2) is 0 Å². The Morgan fingerprint density at radius 3 is 3.06 bits per heavy atom. The number of fused-ring (bicyclic) bond motifs is 1. The Labute approximate surface area is 110 Å². The van der Waals surface area contributed by atoms with E-state index in [4.69, 9.17) is 11.6 Å². The second kappa shape index (κ2) is 5.84. The first-order valence-electron chi connectivity index (χ1n) is 5.79. The minimum Gasteiger partial charge on any atom is -0.355 e. The highest BCUT2D eigenvalue weighted by atomic mass is 35.5. The van der Waals surface area contributed by atoms with Crippen LogP contribution in [0.15, 0.2) is 24.5 Å². The van der Waals surface area contributed by atoms with Gasteiger partial charge in [0.1, 0.15) is 5.65 Å². The lowest BCUT2D eigenvalue weighted by Gasteiger charge is -2.02. The van der Waals surface area contributed by atoms with Crippen molar-refractivity contribution in [3.63, 3.8) is 0 Å². The molecule has 0 atom stereocenters. The lowest BCUT2D eigenvalue weighted by molar-refractivity contribution is -0.120. The summed E-state index contributed by atoms with van der Waals surface area (Å²) in [6, 6.07) is 3.66. The van der Waals surface area contributed by atoms with E-state index in [9.17, 15) is 4.79 Å². The molecular formula is C12H15ClN4O. The van der Waals surface area contributed by atoms with Crippen molar-refractivity contribution in [2.24, 2.45) is 0 Å². The van der Waals surface area contributed by atoms with E-state index in [2.05, 4.69) is 15.6 Å². The molecule has 2 N–H and O–H groups in total. The van der Waals surface area contributed by atoms with Gasteiger partial charge in [0, 0.05) is 25.5 Å². The van der Waals surface area contributed by atoms with E-state index < -0.39 is 0 Å². The van der Waals surface area contributed by atoms with Gasteiger partial charge in [-0.2, -0.15) is 0 Å². The Morgan fingerprint density at radius 1 is 1.44 bits per heavy atom. The van der Waals surface area contributed by atoms with Gasteiger partial charge in [-0.25, -0.2) is 4.98 Å². The molecule has 1 amide bonds. The fourth-order valence-corrected chi connectivity index (χ4v) is 1.83. The fraction of sp³-hybridized carbons (Fsp3) is 0.333. The molecule has 18 heavy (non-hydrogen) atoms. The van der Waals surface area contributed by atoms with E-state index in [1.54, 1.807) is 12.3 Å². The molecule has 0 saturated heterocycles. The van der Waals surface area contributed by atoms with Gasteiger partial charge in [-0.05, 0) is 19.1 Å². The maximum Gasteiger partial charge on any atom is 0.233 e. The summed E-state index contributed by atoms with van der Waals surface area (Å²) in [4.78, 5) is 15.6. The molecule has 0 radical (unpaired) electrons.